The SMILES string of the molecule is c1ccc(OC2CCN(c3nnc4n3-c3ccccc3CCC4)CC2)nc1. The van der Waals surface area contributed by atoms with Gasteiger partial charge < -0.3 is 9.64 Å². The van der Waals surface area contributed by atoms with Crippen molar-refractivity contribution in [1.82, 2.24) is 19.7 Å². The van der Waals surface area contributed by atoms with E-state index in [0.29, 0.717) is 5.88 Å². The van der Waals surface area contributed by atoms with Crippen LogP contribution in [0.2, 0.25) is 0 Å². The minimum atomic E-state index is 0.204. The highest BCUT2D eigenvalue weighted by Gasteiger charge is 2.27. The molecule has 2 aliphatic heterocycles. The second-order valence-electron chi connectivity index (χ2n) is 7.21. The summed E-state index contributed by atoms with van der Waals surface area (Å²) in [6, 6.07) is 14.4. The Bertz CT molecular complexity index is 915. The fraction of sp³-hybridized carbons (Fsp3) is 0.381. The Morgan fingerprint density at radius 1 is 0.926 bits per heavy atom. The van der Waals surface area contributed by atoms with Crippen LogP contribution in [0.4, 0.5) is 5.95 Å². The van der Waals surface area contributed by atoms with Crippen molar-refractivity contribution in [1.29, 1.82) is 0 Å². The van der Waals surface area contributed by atoms with Crippen molar-refractivity contribution in [2.24, 2.45) is 0 Å². The van der Waals surface area contributed by atoms with Gasteiger partial charge in [0.05, 0.1) is 5.69 Å². The second kappa shape index (κ2) is 7.02. The maximum Gasteiger partial charge on any atom is 0.231 e. The highest BCUT2D eigenvalue weighted by Crippen LogP contribution is 2.29. The number of ether oxygens (including phenoxy) is 1. The maximum absolute atomic E-state index is 6.03. The molecule has 6 nitrogen and oxygen atoms in total. The van der Waals surface area contributed by atoms with Gasteiger partial charge in [-0.1, -0.05) is 24.3 Å². The van der Waals surface area contributed by atoms with E-state index in [2.05, 4.69) is 48.9 Å². The number of hydrogen-bond donors (Lipinski definition) is 0. The van der Waals surface area contributed by atoms with Crippen LogP contribution in [0.3, 0.4) is 0 Å². The number of anilines is 1. The zero-order valence-corrected chi connectivity index (χ0v) is 15.3. The molecule has 138 valence electrons. The summed E-state index contributed by atoms with van der Waals surface area (Å²) in [5.41, 5.74) is 2.61. The quantitative estimate of drug-likeness (QED) is 0.717. The highest BCUT2D eigenvalue weighted by atomic mass is 16.5. The molecule has 0 spiro atoms. The van der Waals surface area contributed by atoms with Crippen LogP contribution in [0.25, 0.3) is 5.69 Å². The summed E-state index contributed by atoms with van der Waals surface area (Å²) in [7, 11) is 0. The minimum absolute atomic E-state index is 0.204. The summed E-state index contributed by atoms with van der Waals surface area (Å²) in [5.74, 6) is 2.75. The van der Waals surface area contributed by atoms with Gasteiger partial charge in [0.1, 0.15) is 11.9 Å². The van der Waals surface area contributed by atoms with Gasteiger partial charge in [0, 0.05) is 44.6 Å². The summed E-state index contributed by atoms with van der Waals surface area (Å²) >= 11 is 0. The lowest BCUT2D eigenvalue weighted by atomic mass is 10.1. The number of fused-ring (bicyclic) bond motifs is 3. The Kier molecular flexibility index (Phi) is 4.24. The van der Waals surface area contributed by atoms with Crippen molar-refractivity contribution in [3.63, 3.8) is 0 Å². The average Bonchev–Trinajstić information content (AvgIpc) is 3.05. The second-order valence-corrected chi connectivity index (χ2v) is 7.21. The number of nitrogens with zero attached hydrogens (tertiary/aromatic N) is 5. The van der Waals surface area contributed by atoms with Crippen LogP contribution in [-0.2, 0) is 12.8 Å². The molecule has 0 saturated carbocycles. The van der Waals surface area contributed by atoms with E-state index in [1.54, 1.807) is 6.20 Å². The molecule has 5 rings (SSSR count). The predicted octanol–water partition coefficient (Wildman–Crippen LogP) is 3.20. The molecule has 0 bridgehead atoms. The third kappa shape index (κ3) is 3.16. The van der Waals surface area contributed by atoms with Crippen molar-refractivity contribution in [3.05, 3.63) is 60.0 Å². The smallest absolute Gasteiger partial charge is 0.231 e. The zero-order chi connectivity index (χ0) is 18.1. The molecule has 0 unspecified atom stereocenters. The number of benzene rings is 1. The van der Waals surface area contributed by atoms with Gasteiger partial charge in [-0.15, -0.1) is 10.2 Å². The molecule has 1 saturated heterocycles. The van der Waals surface area contributed by atoms with E-state index in [9.17, 15) is 0 Å². The lowest BCUT2D eigenvalue weighted by molar-refractivity contribution is 0.163. The molecule has 0 amide bonds. The first-order chi connectivity index (χ1) is 13.4. The van der Waals surface area contributed by atoms with E-state index in [-0.39, 0.29) is 6.10 Å². The molecular weight excluding hydrogens is 338 g/mol. The minimum Gasteiger partial charge on any atom is -0.474 e. The van der Waals surface area contributed by atoms with Gasteiger partial charge >= 0.3 is 0 Å². The zero-order valence-electron chi connectivity index (χ0n) is 15.3. The van der Waals surface area contributed by atoms with Gasteiger partial charge in [-0.3, -0.25) is 4.57 Å². The lowest BCUT2D eigenvalue weighted by Crippen LogP contribution is -2.39. The third-order valence-electron chi connectivity index (χ3n) is 5.44. The molecule has 0 atom stereocenters. The van der Waals surface area contributed by atoms with Crippen molar-refractivity contribution in [2.45, 2.75) is 38.2 Å². The largest absolute Gasteiger partial charge is 0.474 e. The normalized spacial score (nSPS) is 17.1. The molecule has 0 radical (unpaired) electrons. The molecule has 0 aliphatic carbocycles. The van der Waals surface area contributed by atoms with Crippen molar-refractivity contribution in [2.75, 3.05) is 18.0 Å². The number of rotatable bonds is 3. The van der Waals surface area contributed by atoms with E-state index >= 15 is 0 Å². The predicted molar refractivity (Wildman–Crippen MR) is 103 cm³/mol. The monoisotopic (exact) mass is 361 g/mol. The number of piperidine rings is 1. The first-order valence-electron chi connectivity index (χ1n) is 9.74. The first-order valence-corrected chi connectivity index (χ1v) is 9.74. The number of hydrogen-bond acceptors (Lipinski definition) is 5. The number of aromatic nitrogens is 4. The number of aryl methyl sites for hydroxylation is 2. The molecule has 1 aromatic carbocycles. The molecule has 4 heterocycles. The summed E-state index contributed by atoms with van der Waals surface area (Å²) in [6.45, 7) is 1.83. The molecule has 2 aliphatic rings. The van der Waals surface area contributed by atoms with E-state index in [1.807, 2.05) is 18.2 Å². The van der Waals surface area contributed by atoms with Crippen LogP contribution in [0.5, 0.6) is 5.88 Å². The third-order valence-corrected chi connectivity index (χ3v) is 5.44. The van der Waals surface area contributed by atoms with Crippen LogP contribution in [0.1, 0.15) is 30.7 Å². The Labute approximate surface area is 158 Å². The van der Waals surface area contributed by atoms with Crippen molar-refractivity contribution in [3.8, 4) is 11.6 Å². The Morgan fingerprint density at radius 3 is 2.63 bits per heavy atom. The van der Waals surface area contributed by atoms with Gasteiger partial charge in [0.25, 0.3) is 0 Å². The first kappa shape index (κ1) is 16.3. The summed E-state index contributed by atoms with van der Waals surface area (Å²) < 4.78 is 8.30. The fourth-order valence-electron chi connectivity index (χ4n) is 4.06. The fourth-order valence-corrected chi connectivity index (χ4v) is 4.06. The molecule has 1 fully saturated rings. The van der Waals surface area contributed by atoms with Crippen molar-refractivity contribution >= 4 is 5.95 Å². The summed E-state index contributed by atoms with van der Waals surface area (Å²) in [4.78, 5) is 6.62. The van der Waals surface area contributed by atoms with Gasteiger partial charge in [0.2, 0.25) is 11.8 Å². The number of para-hydroxylation sites is 1. The highest BCUT2D eigenvalue weighted by molar-refractivity contribution is 5.50. The molecular formula is C21H23N5O. The van der Waals surface area contributed by atoms with Gasteiger partial charge in [-0.25, -0.2) is 4.98 Å². The Balaban J connectivity index is 1.36. The Morgan fingerprint density at radius 2 is 1.78 bits per heavy atom. The molecule has 6 heteroatoms. The average molecular weight is 361 g/mol. The molecule has 2 aromatic heterocycles. The topological polar surface area (TPSA) is 56.1 Å². The van der Waals surface area contributed by atoms with Crippen LogP contribution in [-0.4, -0.2) is 38.9 Å². The van der Waals surface area contributed by atoms with Gasteiger partial charge in [-0.2, -0.15) is 0 Å². The van der Waals surface area contributed by atoms with E-state index < -0.39 is 0 Å². The number of pyridine rings is 1. The summed E-state index contributed by atoms with van der Waals surface area (Å²) in [5, 5.41) is 9.06. The Hall–Kier alpha value is -2.89. The van der Waals surface area contributed by atoms with Gasteiger partial charge in [-0.05, 0) is 30.5 Å². The van der Waals surface area contributed by atoms with Crippen LogP contribution in [0, 0.1) is 0 Å². The molecule has 0 N–H and O–H groups in total. The maximum atomic E-state index is 6.03. The van der Waals surface area contributed by atoms with E-state index in [1.165, 1.54) is 11.3 Å². The van der Waals surface area contributed by atoms with Crippen molar-refractivity contribution < 1.29 is 4.74 Å². The van der Waals surface area contributed by atoms with E-state index in [0.717, 1.165) is 57.0 Å². The molecule has 3 aromatic rings. The standard InChI is InChI=1S/C21H23N5O/c1-2-8-18-16(6-1)7-5-9-19-23-24-21(26(18)19)25-14-11-17(12-15-25)27-20-10-3-4-13-22-20/h1-4,6,8,10,13,17H,5,7,9,11-12,14-15H2. The lowest BCUT2D eigenvalue weighted by Gasteiger charge is -2.32. The van der Waals surface area contributed by atoms with Crippen LogP contribution < -0.4 is 9.64 Å². The van der Waals surface area contributed by atoms with Crippen LogP contribution >= 0.6 is 0 Å². The van der Waals surface area contributed by atoms with Gasteiger partial charge in [0.15, 0.2) is 0 Å². The molecule has 27 heavy (non-hydrogen) atoms. The summed E-state index contributed by atoms with van der Waals surface area (Å²) in [6.07, 6.45) is 7.08. The van der Waals surface area contributed by atoms with Crippen LogP contribution in [0.15, 0.2) is 48.7 Å². The van der Waals surface area contributed by atoms with E-state index in [4.69, 9.17) is 4.74 Å².